The summed E-state index contributed by atoms with van der Waals surface area (Å²) in [5, 5.41) is 6.15. The van der Waals surface area contributed by atoms with Crippen molar-refractivity contribution >= 4 is 38.9 Å². The minimum Gasteiger partial charge on any atom is -0.509 e. The molecule has 0 bridgehead atoms. The maximum absolute atomic E-state index is 6.55. The molecule has 0 fully saturated rings. The summed E-state index contributed by atoms with van der Waals surface area (Å²) in [5.41, 5.74) is 11.4. The molecule has 9 aromatic rings. The van der Waals surface area contributed by atoms with Gasteiger partial charge in [-0.3, -0.25) is 0 Å². The van der Waals surface area contributed by atoms with Crippen LogP contribution in [0.25, 0.3) is 61.0 Å². The van der Waals surface area contributed by atoms with Gasteiger partial charge >= 0.3 is 0 Å². The second-order valence-electron chi connectivity index (χ2n) is 15.2. The number of para-hydroxylation sites is 3. The van der Waals surface area contributed by atoms with Crippen molar-refractivity contribution < 1.29 is 30.7 Å². The number of anilines is 3. The Hall–Kier alpha value is -6.46. The van der Waals surface area contributed by atoms with Gasteiger partial charge in [-0.25, -0.2) is 4.98 Å². The Morgan fingerprint density at radius 3 is 1.93 bits per heavy atom. The molecule has 2 aromatic heterocycles. The fourth-order valence-electron chi connectivity index (χ4n) is 7.87. The molecule has 286 valence electrons. The third-order valence-electron chi connectivity index (χ3n) is 10.4. The molecule has 0 unspecified atom stereocenters. The molecule has 6 nitrogen and oxygen atoms in total. The summed E-state index contributed by atoms with van der Waals surface area (Å²) in [6.07, 6.45) is 1.91. The Bertz CT molecular complexity index is 2860. The van der Waals surface area contributed by atoms with E-state index in [0.717, 1.165) is 78.1 Å². The molecule has 0 spiro atoms. The number of hydrogen-bond donors (Lipinski definition) is 0. The van der Waals surface area contributed by atoms with Crippen molar-refractivity contribution in [3.63, 3.8) is 0 Å². The fourth-order valence-corrected chi connectivity index (χ4v) is 7.87. The molecule has 58 heavy (non-hydrogen) atoms. The third-order valence-corrected chi connectivity index (χ3v) is 10.4. The van der Waals surface area contributed by atoms with Gasteiger partial charge in [-0.2, -0.15) is 17.1 Å². The van der Waals surface area contributed by atoms with E-state index in [1.165, 1.54) is 0 Å². The third kappa shape index (κ3) is 6.64. The van der Waals surface area contributed by atoms with Crippen LogP contribution in [-0.2, 0) is 21.1 Å². The second kappa shape index (κ2) is 15.1. The van der Waals surface area contributed by atoms with E-state index in [1.807, 2.05) is 47.7 Å². The van der Waals surface area contributed by atoms with Gasteiger partial charge < -0.3 is 9.30 Å². The van der Waals surface area contributed by atoms with E-state index in [-0.39, 0.29) is 26.6 Å². The molecule has 3 heterocycles. The summed E-state index contributed by atoms with van der Waals surface area (Å²) in [7, 11) is 0. The van der Waals surface area contributed by atoms with Crippen LogP contribution < -0.4 is 14.9 Å². The molecule has 1 aliphatic rings. The van der Waals surface area contributed by atoms with Gasteiger partial charge in [-0.1, -0.05) is 115 Å². The van der Waals surface area contributed by atoms with Crippen LogP contribution in [0.2, 0.25) is 0 Å². The zero-order chi connectivity index (χ0) is 38.5. The van der Waals surface area contributed by atoms with Crippen LogP contribution in [0.15, 0.2) is 176 Å². The van der Waals surface area contributed by atoms with Gasteiger partial charge in [0.25, 0.3) is 0 Å². The topological polar surface area (TPSA) is 46.3 Å². The SMILES string of the molecule is CC(C)(C)N1[OH+]N(c2[c-]c(Oc3[c-]c4c(cc3)c3ccccc3n4-c3cc(-c4c(-c5ccccc5)cccc4-c4ccccc4)ccn3)ccc2)c2ccccc21.[Pt]. The Kier molecular flexibility index (Phi) is 9.69. The van der Waals surface area contributed by atoms with E-state index in [2.05, 4.69) is 176 Å². The molecule has 7 aromatic carbocycles. The molecule has 1 N–H and O–H groups in total. The summed E-state index contributed by atoms with van der Waals surface area (Å²) < 4.78 is 8.74. The smallest absolute Gasteiger partial charge is 0.145 e. The number of aromatic nitrogens is 2. The average Bonchev–Trinajstić information content (AvgIpc) is 3.81. The van der Waals surface area contributed by atoms with Crippen LogP contribution in [0.1, 0.15) is 20.8 Å². The molecule has 0 saturated heterocycles. The molecule has 7 heteroatoms. The number of ether oxygens (including phenoxy) is 1. The molecule has 10 rings (SSSR count). The number of rotatable bonds is 7. The van der Waals surface area contributed by atoms with Crippen LogP contribution in [0.5, 0.6) is 11.5 Å². The first-order valence-corrected chi connectivity index (χ1v) is 19.2. The fraction of sp³-hybridized carbons (Fsp3) is 0.0784. The summed E-state index contributed by atoms with van der Waals surface area (Å²) in [6, 6.07) is 65.8. The van der Waals surface area contributed by atoms with Crippen molar-refractivity contribution in [3.05, 3.63) is 188 Å². The maximum atomic E-state index is 6.55. The quantitative estimate of drug-likeness (QED) is 0.118. The second-order valence-corrected chi connectivity index (χ2v) is 15.2. The van der Waals surface area contributed by atoms with Gasteiger partial charge in [0.15, 0.2) is 0 Å². The van der Waals surface area contributed by atoms with Gasteiger partial charge in [0.1, 0.15) is 22.7 Å². The van der Waals surface area contributed by atoms with Gasteiger partial charge in [0, 0.05) is 50.0 Å². The standard InChI is InChI=1S/C51H38N4O2.Pt/c1-51(2,3)55-47-27-13-12-26-46(47)54(57-55)38-20-14-21-39(33-38)56-40-28-29-44-43-22-10-11-25-45(43)53(48(44)34-40)49-32-37(30-31-52-49)50-41(35-16-6-4-7-17-35)23-15-24-42(50)36-18-8-5-9-19-36;/h4-32H,1-3H3;/q-2;/p+1. The van der Waals surface area contributed by atoms with E-state index in [4.69, 9.17) is 14.7 Å². The maximum Gasteiger partial charge on any atom is 0.145 e. The van der Waals surface area contributed by atoms with Gasteiger partial charge in [-0.15, -0.1) is 45.8 Å². The Labute approximate surface area is 352 Å². The molecule has 0 radical (unpaired) electrons. The van der Waals surface area contributed by atoms with Crippen LogP contribution in [-0.4, -0.2) is 20.0 Å². The van der Waals surface area contributed by atoms with E-state index < -0.39 is 0 Å². The number of benzene rings is 7. The summed E-state index contributed by atoms with van der Waals surface area (Å²) in [5.74, 6) is 1.94. The van der Waals surface area contributed by atoms with E-state index in [9.17, 15) is 0 Å². The summed E-state index contributed by atoms with van der Waals surface area (Å²) >= 11 is 0. The van der Waals surface area contributed by atoms with Crippen LogP contribution in [0.3, 0.4) is 0 Å². The number of pyridine rings is 1. The zero-order valence-electron chi connectivity index (χ0n) is 32.2. The van der Waals surface area contributed by atoms with Crippen molar-refractivity contribution in [3.8, 4) is 50.7 Å². The first-order valence-electron chi connectivity index (χ1n) is 19.2. The van der Waals surface area contributed by atoms with Crippen LogP contribution in [0, 0.1) is 12.1 Å². The predicted molar refractivity (Wildman–Crippen MR) is 232 cm³/mol. The van der Waals surface area contributed by atoms with Crippen molar-refractivity contribution in [1.29, 1.82) is 0 Å². The van der Waals surface area contributed by atoms with Gasteiger partial charge in [0.05, 0.1) is 0 Å². The monoisotopic (exact) mass is 934 g/mol. The summed E-state index contributed by atoms with van der Waals surface area (Å²) in [6.45, 7) is 6.47. The van der Waals surface area contributed by atoms with Crippen LogP contribution in [0.4, 0.5) is 17.1 Å². The molecular weight excluding hydrogens is 896 g/mol. The normalized spacial score (nSPS) is 12.5. The minimum absolute atomic E-state index is 0. The zero-order valence-corrected chi connectivity index (χ0v) is 34.5. The van der Waals surface area contributed by atoms with Crippen molar-refractivity contribution in [1.82, 2.24) is 9.55 Å². The molecule has 0 saturated carbocycles. The van der Waals surface area contributed by atoms with Gasteiger partial charge in [-0.05, 0) is 89.9 Å². The number of nitrogens with zero attached hydrogens (tertiary/aromatic N) is 4. The molecule has 0 atom stereocenters. The Morgan fingerprint density at radius 1 is 0.569 bits per heavy atom. The number of fused-ring (bicyclic) bond motifs is 4. The minimum atomic E-state index is -0.203. The van der Waals surface area contributed by atoms with Gasteiger partial charge in [0.2, 0.25) is 0 Å². The molecular formula is C51H39N4O2Pt-. The van der Waals surface area contributed by atoms with E-state index >= 15 is 0 Å². The summed E-state index contributed by atoms with van der Waals surface area (Å²) in [4.78, 5) is 9.99. The van der Waals surface area contributed by atoms with Crippen molar-refractivity contribution in [2.45, 2.75) is 26.3 Å². The number of hydrogen-bond acceptors (Lipinski definition) is 4. The molecule has 1 aliphatic heterocycles. The van der Waals surface area contributed by atoms with Crippen molar-refractivity contribution in [2.24, 2.45) is 0 Å². The Balaban J connectivity index is 0.00000436. The largest absolute Gasteiger partial charge is 0.509 e. The predicted octanol–water partition coefficient (Wildman–Crippen LogP) is 13.2. The van der Waals surface area contributed by atoms with E-state index in [1.54, 1.807) is 0 Å². The first kappa shape index (κ1) is 37.1. The number of hydroxylamine groups is 1. The average molecular weight is 935 g/mol. The molecule has 0 amide bonds. The Morgan fingerprint density at radius 2 is 1.21 bits per heavy atom. The molecule has 0 aliphatic carbocycles. The first-order chi connectivity index (χ1) is 27.9. The van der Waals surface area contributed by atoms with Crippen molar-refractivity contribution in [2.75, 3.05) is 10.1 Å². The van der Waals surface area contributed by atoms with Crippen LogP contribution >= 0.6 is 0 Å². The van der Waals surface area contributed by atoms with E-state index in [0.29, 0.717) is 11.5 Å².